The molecule has 0 aromatic heterocycles. The molecule has 68 valence electrons. The lowest BCUT2D eigenvalue weighted by Gasteiger charge is -2.11. The van der Waals surface area contributed by atoms with E-state index in [9.17, 15) is 4.79 Å². The minimum Gasteiger partial charge on any atom is -0.436 e. The van der Waals surface area contributed by atoms with E-state index in [2.05, 4.69) is 0 Å². The highest BCUT2D eigenvalue weighted by Gasteiger charge is 2.39. The fourth-order valence-electron chi connectivity index (χ4n) is 2.21. The van der Waals surface area contributed by atoms with Crippen molar-refractivity contribution < 1.29 is 14.3 Å². The van der Waals surface area contributed by atoms with E-state index in [-0.39, 0.29) is 12.3 Å². The van der Waals surface area contributed by atoms with Gasteiger partial charge in [0.2, 0.25) is 6.29 Å². The maximum absolute atomic E-state index is 10.6. The minimum atomic E-state index is -0.252. The van der Waals surface area contributed by atoms with E-state index in [1.807, 2.05) is 0 Å². The summed E-state index contributed by atoms with van der Waals surface area (Å²) in [6.07, 6.45) is 4.67. The Kier molecular flexibility index (Phi) is 2.05. The second kappa shape index (κ2) is 3.05. The molecule has 3 nitrogen and oxygen atoms in total. The third-order valence-electron chi connectivity index (χ3n) is 2.71. The average molecular weight is 170 g/mol. The maximum atomic E-state index is 10.6. The predicted octanol–water partition coefficient (Wildman–Crippen LogP) is 1.46. The lowest BCUT2D eigenvalue weighted by atomic mass is 10.1. The summed E-state index contributed by atoms with van der Waals surface area (Å²) in [4.78, 5) is 10.6. The molecule has 0 aromatic carbocycles. The third-order valence-corrected chi connectivity index (χ3v) is 2.71. The fourth-order valence-corrected chi connectivity index (χ4v) is 2.21. The Morgan fingerprint density at radius 1 is 1.50 bits per heavy atom. The summed E-state index contributed by atoms with van der Waals surface area (Å²) in [5.74, 6) is 0.411. The molecule has 1 saturated heterocycles. The average Bonchev–Trinajstić information content (AvgIpc) is 2.43. The molecule has 3 heteroatoms. The van der Waals surface area contributed by atoms with Gasteiger partial charge in [-0.25, -0.2) is 0 Å². The van der Waals surface area contributed by atoms with Crippen molar-refractivity contribution in [3.8, 4) is 0 Å². The lowest BCUT2D eigenvalue weighted by Crippen LogP contribution is -2.16. The van der Waals surface area contributed by atoms with Crippen molar-refractivity contribution in [1.29, 1.82) is 0 Å². The fraction of sp³-hybridized carbons (Fsp3) is 0.889. The number of carbonyl (C=O) groups excluding carboxylic acids is 1. The highest BCUT2D eigenvalue weighted by molar-refractivity contribution is 5.66. The molecule has 2 fully saturated rings. The van der Waals surface area contributed by atoms with Crippen LogP contribution in [0.1, 0.15) is 32.6 Å². The number of hydrogen-bond acceptors (Lipinski definition) is 3. The van der Waals surface area contributed by atoms with Gasteiger partial charge in [-0.3, -0.25) is 4.79 Å². The Labute approximate surface area is 72.0 Å². The molecule has 0 amide bonds. The topological polar surface area (TPSA) is 35.5 Å². The van der Waals surface area contributed by atoms with Gasteiger partial charge >= 0.3 is 5.97 Å². The SMILES string of the molecule is CC(=O)OC1CC2CCCC2O1. The predicted molar refractivity (Wildman–Crippen MR) is 42.4 cm³/mol. The van der Waals surface area contributed by atoms with Crippen LogP contribution < -0.4 is 0 Å². The maximum Gasteiger partial charge on any atom is 0.304 e. The van der Waals surface area contributed by atoms with Gasteiger partial charge in [0.05, 0.1) is 6.10 Å². The molecule has 1 heterocycles. The van der Waals surface area contributed by atoms with E-state index in [4.69, 9.17) is 9.47 Å². The van der Waals surface area contributed by atoms with Gasteiger partial charge in [-0.05, 0) is 18.8 Å². The molecule has 0 radical (unpaired) electrons. The zero-order valence-electron chi connectivity index (χ0n) is 7.29. The number of carbonyl (C=O) groups is 1. The van der Waals surface area contributed by atoms with Crippen molar-refractivity contribution >= 4 is 5.97 Å². The monoisotopic (exact) mass is 170 g/mol. The van der Waals surface area contributed by atoms with Crippen LogP contribution in [0.25, 0.3) is 0 Å². The van der Waals surface area contributed by atoms with Gasteiger partial charge in [0.25, 0.3) is 0 Å². The number of ether oxygens (including phenoxy) is 2. The normalized spacial score (nSPS) is 39.6. The Morgan fingerprint density at radius 2 is 2.33 bits per heavy atom. The van der Waals surface area contributed by atoms with Gasteiger partial charge in [-0.15, -0.1) is 0 Å². The second-order valence-electron chi connectivity index (χ2n) is 3.64. The van der Waals surface area contributed by atoms with Crippen molar-refractivity contribution in [2.24, 2.45) is 5.92 Å². The number of rotatable bonds is 1. The molecule has 0 bridgehead atoms. The van der Waals surface area contributed by atoms with E-state index < -0.39 is 0 Å². The van der Waals surface area contributed by atoms with Gasteiger partial charge in [-0.2, -0.15) is 0 Å². The molecule has 2 aliphatic rings. The zero-order chi connectivity index (χ0) is 8.55. The number of fused-ring (bicyclic) bond motifs is 1. The van der Waals surface area contributed by atoms with Crippen LogP contribution in [0, 0.1) is 5.92 Å². The molecule has 3 atom stereocenters. The molecule has 1 aliphatic heterocycles. The van der Waals surface area contributed by atoms with Gasteiger partial charge < -0.3 is 9.47 Å². The summed E-state index contributed by atoms with van der Waals surface area (Å²) in [5.41, 5.74) is 0. The Morgan fingerprint density at radius 3 is 3.00 bits per heavy atom. The zero-order valence-corrected chi connectivity index (χ0v) is 7.29. The first kappa shape index (κ1) is 8.05. The molecule has 1 saturated carbocycles. The summed E-state index contributed by atoms with van der Waals surface area (Å²) in [5, 5.41) is 0. The highest BCUT2D eigenvalue weighted by Crippen LogP contribution is 2.39. The van der Waals surface area contributed by atoms with E-state index in [1.54, 1.807) is 0 Å². The second-order valence-corrected chi connectivity index (χ2v) is 3.64. The third kappa shape index (κ3) is 1.46. The summed E-state index contributed by atoms with van der Waals surface area (Å²) in [6, 6.07) is 0. The molecular formula is C9H14O3. The van der Waals surface area contributed by atoms with Crippen molar-refractivity contribution in [3.63, 3.8) is 0 Å². The van der Waals surface area contributed by atoms with Crippen molar-refractivity contribution in [2.45, 2.75) is 45.0 Å². The first-order chi connectivity index (χ1) is 5.75. The number of esters is 1. The summed E-state index contributed by atoms with van der Waals surface area (Å²) >= 11 is 0. The van der Waals surface area contributed by atoms with Crippen LogP contribution >= 0.6 is 0 Å². The lowest BCUT2D eigenvalue weighted by molar-refractivity contribution is -0.172. The molecule has 0 N–H and O–H groups in total. The quantitative estimate of drug-likeness (QED) is 0.559. The van der Waals surface area contributed by atoms with E-state index in [0.717, 1.165) is 12.8 Å². The first-order valence-electron chi connectivity index (χ1n) is 4.58. The molecule has 3 unspecified atom stereocenters. The van der Waals surface area contributed by atoms with Crippen LogP contribution in [0.4, 0.5) is 0 Å². The van der Waals surface area contributed by atoms with Crippen LogP contribution in [0.3, 0.4) is 0 Å². The summed E-state index contributed by atoms with van der Waals surface area (Å²) in [7, 11) is 0. The van der Waals surface area contributed by atoms with Crippen LogP contribution in [-0.2, 0) is 14.3 Å². The van der Waals surface area contributed by atoms with Crippen LogP contribution in [-0.4, -0.2) is 18.4 Å². The number of hydrogen-bond donors (Lipinski definition) is 0. The van der Waals surface area contributed by atoms with Crippen molar-refractivity contribution in [2.75, 3.05) is 0 Å². The largest absolute Gasteiger partial charge is 0.436 e. The van der Waals surface area contributed by atoms with Gasteiger partial charge in [0.15, 0.2) is 0 Å². The van der Waals surface area contributed by atoms with E-state index in [0.29, 0.717) is 12.0 Å². The van der Waals surface area contributed by atoms with Crippen LogP contribution in [0.15, 0.2) is 0 Å². The molecule has 12 heavy (non-hydrogen) atoms. The smallest absolute Gasteiger partial charge is 0.304 e. The minimum absolute atomic E-state index is 0.236. The molecule has 0 spiro atoms. The van der Waals surface area contributed by atoms with Gasteiger partial charge in [-0.1, -0.05) is 6.42 Å². The van der Waals surface area contributed by atoms with Crippen LogP contribution in [0.2, 0.25) is 0 Å². The van der Waals surface area contributed by atoms with Crippen molar-refractivity contribution in [1.82, 2.24) is 0 Å². The van der Waals surface area contributed by atoms with E-state index >= 15 is 0 Å². The summed E-state index contributed by atoms with van der Waals surface area (Å²) < 4.78 is 10.5. The van der Waals surface area contributed by atoms with Crippen LogP contribution in [0.5, 0.6) is 0 Å². The molecule has 2 rings (SSSR count). The Bertz CT molecular complexity index is 178. The molecular weight excluding hydrogens is 156 g/mol. The molecule has 0 aromatic rings. The summed E-state index contributed by atoms with van der Waals surface area (Å²) in [6.45, 7) is 1.43. The van der Waals surface area contributed by atoms with E-state index in [1.165, 1.54) is 19.8 Å². The first-order valence-corrected chi connectivity index (χ1v) is 4.58. The molecule has 1 aliphatic carbocycles. The Hall–Kier alpha value is -0.570. The highest BCUT2D eigenvalue weighted by atomic mass is 16.7. The Balaban J connectivity index is 1.86. The standard InChI is InChI=1S/C9H14O3/c1-6(10)11-9-5-7-3-2-4-8(7)12-9/h7-9H,2-5H2,1H3. The van der Waals surface area contributed by atoms with Gasteiger partial charge in [0, 0.05) is 13.3 Å². The van der Waals surface area contributed by atoms with Crippen molar-refractivity contribution in [3.05, 3.63) is 0 Å². The van der Waals surface area contributed by atoms with Gasteiger partial charge in [0.1, 0.15) is 0 Å².